The van der Waals surface area contributed by atoms with E-state index in [-0.39, 0.29) is 10.8 Å². The van der Waals surface area contributed by atoms with Gasteiger partial charge in [-0.1, -0.05) is 12.1 Å². The first-order valence-corrected chi connectivity index (χ1v) is 9.19. The number of likely N-dealkylation sites (N-methyl/N-ethyl adjacent to an activating group) is 1. The van der Waals surface area contributed by atoms with E-state index in [4.69, 9.17) is 0 Å². The van der Waals surface area contributed by atoms with Crippen molar-refractivity contribution in [2.45, 2.75) is 30.4 Å². The largest absolute Gasteiger partial charge is 0.337 e. The van der Waals surface area contributed by atoms with E-state index in [0.717, 1.165) is 19.5 Å². The van der Waals surface area contributed by atoms with Crippen molar-refractivity contribution in [2.75, 3.05) is 33.2 Å². The van der Waals surface area contributed by atoms with E-state index in [1.165, 1.54) is 6.07 Å². The van der Waals surface area contributed by atoms with Crippen molar-refractivity contribution in [3.63, 3.8) is 0 Å². The summed E-state index contributed by atoms with van der Waals surface area (Å²) in [4.78, 5) is 16.9. The van der Waals surface area contributed by atoms with Crippen LogP contribution in [0.1, 0.15) is 30.6 Å². The molecule has 1 aromatic rings. The topological polar surface area (TPSA) is 57.7 Å². The second-order valence-electron chi connectivity index (χ2n) is 6.04. The predicted molar refractivity (Wildman–Crippen MR) is 86.8 cm³/mol. The number of carbonyl (C=O) groups is 1. The Balaban J connectivity index is 2.35. The van der Waals surface area contributed by atoms with Gasteiger partial charge in [-0.3, -0.25) is 4.79 Å². The zero-order valence-electron chi connectivity index (χ0n) is 13.4. The molecule has 122 valence electrons. The van der Waals surface area contributed by atoms with Crippen molar-refractivity contribution < 1.29 is 13.2 Å². The molecule has 0 unspecified atom stereocenters. The van der Waals surface area contributed by atoms with Gasteiger partial charge in [-0.15, -0.1) is 0 Å². The molecule has 1 saturated heterocycles. The second-order valence-corrected chi connectivity index (χ2v) is 8.51. The highest BCUT2D eigenvalue weighted by atomic mass is 32.2. The van der Waals surface area contributed by atoms with Gasteiger partial charge in [-0.25, -0.2) is 8.42 Å². The van der Waals surface area contributed by atoms with Crippen LogP contribution in [-0.2, 0) is 9.84 Å². The smallest absolute Gasteiger partial charge is 0.255 e. The zero-order chi connectivity index (χ0) is 16.3. The lowest BCUT2D eigenvalue weighted by Crippen LogP contribution is -2.35. The van der Waals surface area contributed by atoms with Crippen LogP contribution in [-0.4, -0.2) is 62.6 Å². The maximum Gasteiger partial charge on any atom is 0.255 e. The molecule has 0 saturated carbocycles. The van der Waals surface area contributed by atoms with Crippen molar-refractivity contribution in [1.82, 2.24) is 9.80 Å². The quantitative estimate of drug-likeness (QED) is 0.848. The Morgan fingerprint density at radius 2 is 1.77 bits per heavy atom. The average Bonchev–Trinajstić information content (AvgIpc) is 2.71. The number of sulfone groups is 1. The van der Waals surface area contributed by atoms with Crippen LogP contribution in [0.5, 0.6) is 0 Å². The average molecular weight is 324 g/mol. The van der Waals surface area contributed by atoms with Crippen LogP contribution in [0.15, 0.2) is 29.2 Å². The third-order valence-corrected chi connectivity index (χ3v) is 6.26. The fourth-order valence-corrected chi connectivity index (χ4v) is 3.80. The van der Waals surface area contributed by atoms with Crippen molar-refractivity contribution >= 4 is 15.7 Å². The van der Waals surface area contributed by atoms with Gasteiger partial charge < -0.3 is 9.80 Å². The molecule has 5 nitrogen and oxygen atoms in total. The van der Waals surface area contributed by atoms with E-state index in [1.54, 1.807) is 36.9 Å². The van der Waals surface area contributed by atoms with Crippen LogP contribution >= 0.6 is 0 Å². The van der Waals surface area contributed by atoms with Crippen LogP contribution in [0.4, 0.5) is 0 Å². The molecule has 0 aromatic heterocycles. The Morgan fingerprint density at radius 1 is 1.09 bits per heavy atom. The Morgan fingerprint density at radius 3 is 2.45 bits per heavy atom. The first kappa shape index (κ1) is 17.0. The molecule has 1 aliphatic heterocycles. The van der Waals surface area contributed by atoms with Crippen molar-refractivity contribution in [3.05, 3.63) is 29.8 Å². The van der Waals surface area contributed by atoms with Gasteiger partial charge in [0.25, 0.3) is 5.91 Å². The molecule has 0 spiro atoms. The van der Waals surface area contributed by atoms with Crippen LogP contribution in [0.3, 0.4) is 0 Å². The highest BCUT2D eigenvalue weighted by Crippen LogP contribution is 2.22. The van der Waals surface area contributed by atoms with E-state index in [1.807, 2.05) is 7.05 Å². The number of hydrogen-bond acceptors (Lipinski definition) is 4. The summed E-state index contributed by atoms with van der Waals surface area (Å²) >= 11 is 0. The first-order chi connectivity index (χ1) is 10.3. The van der Waals surface area contributed by atoms with Gasteiger partial charge >= 0.3 is 0 Å². The Labute approximate surface area is 132 Å². The van der Waals surface area contributed by atoms with Crippen molar-refractivity contribution in [3.8, 4) is 0 Å². The molecule has 1 aromatic carbocycles. The summed E-state index contributed by atoms with van der Waals surface area (Å²) in [7, 11) is -1.44. The molecule has 1 heterocycles. The number of benzene rings is 1. The summed E-state index contributed by atoms with van der Waals surface area (Å²) in [6.07, 6.45) is 0.904. The maximum atomic E-state index is 12.8. The minimum Gasteiger partial charge on any atom is -0.337 e. The molecule has 0 aliphatic carbocycles. The summed E-state index contributed by atoms with van der Waals surface area (Å²) in [6, 6.07) is 6.54. The van der Waals surface area contributed by atoms with E-state index >= 15 is 0 Å². The van der Waals surface area contributed by atoms with Gasteiger partial charge in [0.2, 0.25) is 0 Å². The minimum atomic E-state index is -3.47. The summed E-state index contributed by atoms with van der Waals surface area (Å²) in [5, 5.41) is -0.545. The fourth-order valence-electron chi connectivity index (χ4n) is 2.57. The molecule has 2 rings (SSSR count). The predicted octanol–water partition coefficient (Wildman–Crippen LogP) is 1.65. The molecule has 1 fully saturated rings. The van der Waals surface area contributed by atoms with Gasteiger partial charge in [-0.2, -0.15) is 0 Å². The number of amides is 1. The second kappa shape index (κ2) is 6.79. The van der Waals surface area contributed by atoms with Gasteiger partial charge in [0, 0.05) is 19.6 Å². The molecule has 22 heavy (non-hydrogen) atoms. The molecule has 0 atom stereocenters. The van der Waals surface area contributed by atoms with Crippen molar-refractivity contribution in [2.24, 2.45) is 0 Å². The van der Waals surface area contributed by atoms with Crippen LogP contribution in [0.2, 0.25) is 0 Å². The van der Waals surface area contributed by atoms with E-state index < -0.39 is 15.1 Å². The fraction of sp³-hybridized carbons (Fsp3) is 0.562. The van der Waals surface area contributed by atoms with Gasteiger partial charge in [0.15, 0.2) is 9.84 Å². The summed E-state index contributed by atoms with van der Waals surface area (Å²) in [5.41, 5.74) is 0.292. The Bertz CT molecular complexity index is 641. The van der Waals surface area contributed by atoms with E-state index in [0.29, 0.717) is 18.7 Å². The molecular weight excluding hydrogens is 300 g/mol. The Kier molecular flexibility index (Phi) is 5.24. The van der Waals surface area contributed by atoms with E-state index in [9.17, 15) is 13.2 Å². The number of rotatable bonds is 3. The van der Waals surface area contributed by atoms with E-state index in [2.05, 4.69) is 4.90 Å². The SMILES string of the molecule is CC(C)S(=O)(=O)c1ccccc1C(=O)N1CCCN(C)CC1. The lowest BCUT2D eigenvalue weighted by atomic mass is 10.2. The van der Waals surface area contributed by atoms with Gasteiger partial charge in [-0.05, 0) is 46.0 Å². The highest BCUT2D eigenvalue weighted by molar-refractivity contribution is 7.92. The Hall–Kier alpha value is -1.40. The summed E-state index contributed by atoms with van der Waals surface area (Å²) in [5.74, 6) is -0.185. The molecule has 0 radical (unpaired) electrons. The maximum absolute atomic E-state index is 12.8. The lowest BCUT2D eigenvalue weighted by molar-refractivity contribution is 0.0759. The third kappa shape index (κ3) is 3.50. The van der Waals surface area contributed by atoms with Crippen molar-refractivity contribution in [1.29, 1.82) is 0 Å². The summed E-state index contributed by atoms with van der Waals surface area (Å²) in [6.45, 7) is 6.33. The molecule has 0 bridgehead atoms. The highest BCUT2D eigenvalue weighted by Gasteiger charge is 2.28. The van der Waals surface area contributed by atoms with Gasteiger partial charge in [0.05, 0.1) is 15.7 Å². The monoisotopic (exact) mass is 324 g/mol. The van der Waals surface area contributed by atoms with Crippen LogP contribution < -0.4 is 0 Å². The summed E-state index contributed by atoms with van der Waals surface area (Å²) < 4.78 is 25.0. The zero-order valence-corrected chi connectivity index (χ0v) is 14.3. The standard InChI is InChI=1S/C16H24N2O3S/c1-13(2)22(20,21)15-8-5-4-7-14(15)16(19)18-10-6-9-17(3)11-12-18/h4-5,7-8,13H,6,9-12H2,1-3H3. The first-order valence-electron chi connectivity index (χ1n) is 7.65. The van der Waals surface area contributed by atoms with Crippen LogP contribution in [0, 0.1) is 0 Å². The number of nitrogens with zero attached hydrogens (tertiary/aromatic N) is 2. The van der Waals surface area contributed by atoms with Crippen LogP contribution in [0.25, 0.3) is 0 Å². The number of carbonyl (C=O) groups excluding carboxylic acids is 1. The normalized spacial score (nSPS) is 17.5. The molecule has 1 aliphatic rings. The molecular formula is C16H24N2O3S. The molecule has 0 N–H and O–H groups in total. The molecule has 6 heteroatoms. The third-order valence-electron chi connectivity index (χ3n) is 4.05. The number of hydrogen-bond donors (Lipinski definition) is 0. The van der Waals surface area contributed by atoms with Gasteiger partial charge in [0.1, 0.15) is 0 Å². The minimum absolute atomic E-state index is 0.146. The molecule has 1 amide bonds. The lowest BCUT2D eigenvalue weighted by Gasteiger charge is -2.22.